The van der Waals surface area contributed by atoms with E-state index in [2.05, 4.69) is 29.4 Å². The first-order valence-corrected chi connectivity index (χ1v) is 12.7. The van der Waals surface area contributed by atoms with Gasteiger partial charge in [0.2, 0.25) is 0 Å². The molecule has 0 radical (unpaired) electrons. The molecule has 0 saturated carbocycles. The van der Waals surface area contributed by atoms with Crippen molar-refractivity contribution in [1.82, 2.24) is 10.2 Å². The van der Waals surface area contributed by atoms with E-state index in [4.69, 9.17) is 14.2 Å². The fourth-order valence-electron chi connectivity index (χ4n) is 4.58. The molecule has 3 aromatic rings. The minimum Gasteiger partial charge on any atom is -0.497 e. The van der Waals surface area contributed by atoms with Gasteiger partial charge in [0.15, 0.2) is 11.5 Å². The molecule has 1 aromatic heterocycles. The number of ether oxygens (including phenoxy) is 3. The quantitative estimate of drug-likeness (QED) is 0.372. The summed E-state index contributed by atoms with van der Waals surface area (Å²) in [4.78, 5) is 29.4. The van der Waals surface area contributed by atoms with Gasteiger partial charge in [0.05, 0.1) is 25.3 Å². The summed E-state index contributed by atoms with van der Waals surface area (Å²) < 4.78 is 16.2. The third-order valence-corrected chi connectivity index (χ3v) is 7.79. The Hall–Kier alpha value is -3.56. The van der Waals surface area contributed by atoms with Crippen LogP contribution in [0.2, 0.25) is 0 Å². The zero-order valence-corrected chi connectivity index (χ0v) is 21.5. The third-order valence-electron chi connectivity index (χ3n) is 6.64. The van der Waals surface area contributed by atoms with Crippen LogP contribution in [0.15, 0.2) is 42.5 Å². The highest BCUT2D eigenvalue weighted by Crippen LogP contribution is 2.42. The molecule has 2 aliphatic heterocycles. The highest BCUT2D eigenvalue weighted by atomic mass is 32.1. The van der Waals surface area contributed by atoms with Crippen LogP contribution in [-0.4, -0.2) is 43.6 Å². The fourth-order valence-corrected chi connectivity index (χ4v) is 5.88. The van der Waals surface area contributed by atoms with Crippen LogP contribution in [0.1, 0.15) is 56.7 Å². The number of nitrogens with one attached hydrogen (secondary N) is 2. The Morgan fingerprint density at radius 1 is 1.06 bits per heavy atom. The van der Waals surface area contributed by atoms with E-state index in [9.17, 15) is 9.59 Å². The van der Waals surface area contributed by atoms with E-state index in [1.807, 2.05) is 6.07 Å². The van der Waals surface area contributed by atoms with E-state index >= 15 is 0 Å². The number of benzene rings is 2. The minimum absolute atomic E-state index is 0.0711. The van der Waals surface area contributed by atoms with E-state index in [0.29, 0.717) is 28.9 Å². The largest absolute Gasteiger partial charge is 0.497 e. The Bertz CT molecular complexity index is 1300. The Morgan fingerprint density at radius 3 is 2.53 bits per heavy atom. The Kier molecular flexibility index (Phi) is 6.59. The highest BCUT2D eigenvalue weighted by Gasteiger charge is 2.34. The molecule has 2 aromatic carbocycles. The highest BCUT2D eigenvalue weighted by molar-refractivity contribution is 7.16. The van der Waals surface area contributed by atoms with Crippen molar-refractivity contribution in [3.05, 3.63) is 69.6 Å². The smallest absolute Gasteiger partial charge is 0.343 e. The van der Waals surface area contributed by atoms with Gasteiger partial charge in [-0.15, -0.1) is 11.3 Å². The van der Waals surface area contributed by atoms with Gasteiger partial charge in [0, 0.05) is 24.0 Å². The summed E-state index contributed by atoms with van der Waals surface area (Å²) in [6.45, 7) is 6.22. The predicted molar refractivity (Wildman–Crippen MR) is 138 cm³/mol. The van der Waals surface area contributed by atoms with Crippen LogP contribution in [0, 0.1) is 0 Å². The molecule has 9 heteroatoms. The lowest BCUT2D eigenvalue weighted by molar-refractivity contribution is 0.0729. The molecule has 2 aliphatic rings. The molecular formula is C27H29N3O5S. The maximum atomic E-state index is 13.1. The third kappa shape index (κ3) is 4.52. The van der Waals surface area contributed by atoms with E-state index in [1.54, 1.807) is 54.8 Å². The topological polar surface area (TPSA) is 89.1 Å². The average molecular weight is 508 g/mol. The summed E-state index contributed by atoms with van der Waals surface area (Å²) in [5, 5.41) is 7.46. The summed E-state index contributed by atoms with van der Waals surface area (Å²) in [6.07, 6.45) is 0.452. The van der Waals surface area contributed by atoms with Crippen LogP contribution in [0.5, 0.6) is 17.2 Å². The number of hydrogen-bond donors (Lipinski definition) is 2. The zero-order valence-electron chi connectivity index (χ0n) is 20.7. The summed E-state index contributed by atoms with van der Waals surface area (Å²) in [5.74, 6) is 0.775. The van der Waals surface area contributed by atoms with Crippen molar-refractivity contribution in [3.8, 4) is 17.2 Å². The van der Waals surface area contributed by atoms with Crippen molar-refractivity contribution in [2.75, 3.05) is 26.1 Å². The van der Waals surface area contributed by atoms with Crippen molar-refractivity contribution < 1.29 is 23.8 Å². The van der Waals surface area contributed by atoms with Crippen molar-refractivity contribution >= 4 is 28.2 Å². The fraction of sp³-hybridized carbons (Fsp3) is 0.333. The van der Waals surface area contributed by atoms with E-state index in [-0.39, 0.29) is 5.91 Å². The number of amides is 1. The molecule has 0 spiro atoms. The second-order valence-corrected chi connectivity index (χ2v) is 10.2. The second-order valence-electron chi connectivity index (χ2n) is 9.10. The number of hydrogen-bond acceptors (Lipinski definition) is 8. The summed E-state index contributed by atoms with van der Waals surface area (Å²) in [6, 6.07) is 12.4. The molecule has 1 atom stereocenters. The number of carbonyl (C=O) groups is 2. The lowest BCUT2D eigenvalue weighted by Crippen LogP contribution is -2.39. The first-order chi connectivity index (χ1) is 17.4. The maximum Gasteiger partial charge on any atom is 0.343 e. The monoisotopic (exact) mass is 507 g/mol. The van der Waals surface area contributed by atoms with Crippen LogP contribution in [0.25, 0.3) is 0 Å². The van der Waals surface area contributed by atoms with E-state index in [0.717, 1.165) is 41.2 Å². The number of fused-ring (bicyclic) bond motifs is 3. The molecule has 0 fully saturated rings. The number of nitrogens with zero attached hydrogens (tertiary/aromatic N) is 1. The second kappa shape index (κ2) is 9.83. The van der Waals surface area contributed by atoms with Crippen LogP contribution in [0.4, 0.5) is 5.00 Å². The molecule has 188 valence electrons. The van der Waals surface area contributed by atoms with Crippen LogP contribution >= 0.6 is 11.3 Å². The Morgan fingerprint density at radius 2 is 1.83 bits per heavy atom. The zero-order chi connectivity index (χ0) is 25.4. The van der Waals surface area contributed by atoms with Gasteiger partial charge >= 0.3 is 5.97 Å². The van der Waals surface area contributed by atoms with Crippen molar-refractivity contribution in [3.63, 3.8) is 0 Å². The Balaban J connectivity index is 1.35. The van der Waals surface area contributed by atoms with Gasteiger partial charge in [-0.3, -0.25) is 9.69 Å². The average Bonchev–Trinajstić information content (AvgIpc) is 3.27. The number of anilines is 1. The lowest BCUT2D eigenvalue weighted by Gasteiger charge is -2.31. The number of esters is 1. The maximum absolute atomic E-state index is 13.1. The number of carbonyl (C=O) groups excluding carboxylic acids is 2. The molecule has 2 N–H and O–H groups in total. The molecule has 8 nitrogen and oxygen atoms in total. The van der Waals surface area contributed by atoms with Crippen LogP contribution < -0.4 is 24.8 Å². The SMILES string of the molecule is COc1ccc(C(=O)Oc2ccc([C@H]3NC(=O)c4c(sc5c4CCN(C(C)C)C5)N3)cc2OC)cc1. The lowest BCUT2D eigenvalue weighted by atomic mass is 9.99. The van der Waals surface area contributed by atoms with Gasteiger partial charge in [-0.05, 0) is 67.8 Å². The van der Waals surface area contributed by atoms with Crippen molar-refractivity contribution in [2.45, 2.75) is 39.0 Å². The standard InChI is InChI=1S/C27H29N3O5S/c1-15(2)30-12-11-19-22(14-30)36-26-23(19)25(31)28-24(29-26)17-7-10-20(21(13-17)34-4)35-27(32)16-5-8-18(33-3)9-6-16/h5-10,13,15,24,29H,11-12,14H2,1-4H3,(H,28,31)/t24-/m0/s1. The van der Waals surface area contributed by atoms with Crippen LogP contribution in [-0.2, 0) is 13.0 Å². The Labute approximate surface area is 214 Å². The number of thiophene rings is 1. The molecule has 0 bridgehead atoms. The molecule has 0 unspecified atom stereocenters. The molecule has 0 aliphatic carbocycles. The van der Waals surface area contributed by atoms with Crippen molar-refractivity contribution in [1.29, 1.82) is 0 Å². The van der Waals surface area contributed by atoms with Gasteiger partial charge in [-0.25, -0.2) is 4.79 Å². The molecule has 3 heterocycles. The normalized spacial score (nSPS) is 17.0. The van der Waals surface area contributed by atoms with Crippen molar-refractivity contribution in [2.24, 2.45) is 0 Å². The van der Waals surface area contributed by atoms with E-state index in [1.165, 1.54) is 12.0 Å². The minimum atomic E-state index is -0.503. The van der Waals surface area contributed by atoms with Gasteiger partial charge in [0.1, 0.15) is 16.9 Å². The summed E-state index contributed by atoms with van der Waals surface area (Å²) >= 11 is 1.66. The van der Waals surface area contributed by atoms with Gasteiger partial charge < -0.3 is 24.8 Å². The number of methoxy groups -OCH3 is 2. The predicted octanol–water partition coefficient (Wildman–Crippen LogP) is 4.61. The molecule has 36 heavy (non-hydrogen) atoms. The van der Waals surface area contributed by atoms with Gasteiger partial charge in [-0.1, -0.05) is 6.07 Å². The number of rotatable bonds is 6. The molecule has 5 rings (SSSR count). The van der Waals surface area contributed by atoms with Gasteiger partial charge in [0.25, 0.3) is 5.91 Å². The molecule has 1 amide bonds. The summed E-state index contributed by atoms with van der Waals surface area (Å²) in [5.41, 5.74) is 3.12. The molecule has 0 saturated heterocycles. The molecular weight excluding hydrogens is 478 g/mol. The first kappa shape index (κ1) is 24.1. The van der Waals surface area contributed by atoms with Crippen LogP contribution in [0.3, 0.4) is 0 Å². The summed E-state index contributed by atoms with van der Waals surface area (Å²) in [7, 11) is 3.08. The van der Waals surface area contributed by atoms with E-state index < -0.39 is 12.1 Å². The van der Waals surface area contributed by atoms with Gasteiger partial charge in [-0.2, -0.15) is 0 Å². The first-order valence-electron chi connectivity index (χ1n) is 11.9.